The van der Waals surface area contributed by atoms with Crippen LogP contribution in [-0.4, -0.2) is 36.1 Å². The second-order valence-corrected chi connectivity index (χ2v) is 7.80. The lowest BCUT2D eigenvalue weighted by Gasteiger charge is -2.09. The Morgan fingerprint density at radius 3 is 2.53 bits per heavy atom. The monoisotopic (exact) mass is 483 g/mol. The third-order valence-electron chi connectivity index (χ3n) is 5.48. The first-order valence-electron chi connectivity index (χ1n) is 11.0. The number of hydrogen-bond donors (Lipinski definition) is 0. The highest BCUT2D eigenvalue weighted by Gasteiger charge is 2.18. The van der Waals surface area contributed by atoms with Crippen molar-refractivity contribution in [3.8, 4) is 28.8 Å². The topological polar surface area (TPSA) is 105 Å². The third kappa shape index (κ3) is 4.18. The van der Waals surface area contributed by atoms with Crippen molar-refractivity contribution in [1.82, 2.24) is 9.66 Å². The first-order chi connectivity index (χ1) is 17.5. The van der Waals surface area contributed by atoms with Gasteiger partial charge in [-0.1, -0.05) is 18.2 Å². The van der Waals surface area contributed by atoms with Gasteiger partial charge in [-0.05, 0) is 54.1 Å². The van der Waals surface area contributed by atoms with E-state index in [9.17, 15) is 9.59 Å². The summed E-state index contributed by atoms with van der Waals surface area (Å²) in [6.07, 6.45) is 1.49. The predicted octanol–water partition coefficient (Wildman–Crippen LogP) is 4.63. The summed E-state index contributed by atoms with van der Waals surface area (Å²) in [6, 6.07) is 19.2. The van der Waals surface area contributed by atoms with Crippen LogP contribution in [0.25, 0.3) is 33.5 Å². The summed E-state index contributed by atoms with van der Waals surface area (Å²) in [5, 5.41) is 5.60. The van der Waals surface area contributed by atoms with Crippen molar-refractivity contribution in [1.29, 1.82) is 0 Å². The lowest BCUT2D eigenvalue weighted by Crippen LogP contribution is -2.20. The van der Waals surface area contributed by atoms with Gasteiger partial charge in [0.05, 0.1) is 36.7 Å². The quantitative estimate of drug-likeness (QED) is 0.197. The molecule has 2 heterocycles. The van der Waals surface area contributed by atoms with Crippen LogP contribution in [-0.2, 0) is 4.79 Å². The van der Waals surface area contributed by atoms with Crippen LogP contribution < -0.4 is 19.8 Å². The molecule has 9 heteroatoms. The van der Waals surface area contributed by atoms with E-state index in [1.165, 1.54) is 24.9 Å². The van der Waals surface area contributed by atoms with Gasteiger partial charge in [0.25, 0.3) is 5.56 Å². The van der Waals surface area contributed by atoms with Crippen LogP contribution >= 0.6 is 0 Å². The number of methoxy groups -OCH3 is 2. The lowest BCUT2D eigenvalue weighted by molar-refractivity contribution is -0.132. The van der Waals surface area contributed by atoms with Crippen LogP contribution in [0, 0.1) is 0 Å². The minimum absolute atomic E-state index is 0.233. The number of esters is 1. The van der Waals surface area contributed by atoms with Crippen molar-refractivity contribution in [3.63, 3.8) is 0 Å². The number of fused-ring (bicyclic) bond motifs is 2. The average Bonchev–Trinajstić information content (AvgIpc) is 3.33. The smallest absolute Gasteiger partial charge is 0.308 e. The van der Waals surface area contributed by atoms with Crippen LogP contribution in [0.5, 0.6) is 17.2 Å². The van der Waals surface area contributed by atoms with Crippen molar-refractivity contribution in [3.05, 3.63) is 82.6 Å². The van der Waals surface area contributed by atoms with Crippen molar-refractivity contribution in [2.24, 2.45) is 5.10 Å². The van der Waals surface area contributed by atoms with Gasteiger partial charge in [0.15, 0.2) is 17.3 Å². The highest BCUT2D eigenvalue weighted by molar-refractivity contribution is 5.89. The predicted molar refractivity (Wildman–Crippen MR) is 135 cm³/mol. The molecule has 2 aromatic heterocycles. The minimum atomic E-state index is -0.462. The molecule has 0 fully saturated rings. The number of rotatable bonds is 6. The van der Waals surface area contributed by atoms with Crippen molar-refractivity contribution < 1.29 is 23.4 Å². The molecule has 0 amide bonds. The Kier molecular flexibility index (Phi) is 5.95. The fraction of sp³-hybridized carbons (Fsp3) is 0.111. The molecule has 0 N–H and O–H groups in total. The molecule has 0 spiro atoms. The summed E-state index contributed by atoms with van der Waals surface area (Å²) in [6.45, 7) is 1.31. The molecular formula is C27H21N3O6. The number of nitrogens with zero attached hydrogens (tertiary/aromatic N) is 3. The molecule has 0 bridgehead atoms. The van der Waals surface area contributed by atoms with Crippen LogP contribution in [0.3, 0.4) is 0 Å². The lowest BCUT2D eigenvalue weighted by atomic mass is 10.2. The number of ether oxygens (including phenoxy) is 3. The molecule has 0 saturated heterocycles. The standard InChI is InChI=1S/C27H21N3O6/c1-16(31)35-23-12-11-17(13-24(23)34-3)15-28-30-26(29-20-8-5-4-7-18(20)27(30)32)25-14-19-21(33-2)9-6-10-22(19)36-25/h4-15H,1-3H3. The van der Waals surface area contributed by atoms with Gasteiger partial charge >= 0.3 is 5.97 Å². The minimum Gasteiger partial charge on any atom is -0.496 e. The number of aromatic nitrogens is 2. The summed E-state index contributed by atoms with van der Waals surface area (Å²) < 4.78 is 23.1. The zero-order valence-corrected chi connectivity index (χ0v) is 19.7. The van der Waals surface area contributed by atoms with Crippen molar-refractivity contribution in [2.45, 2.75) is 6.92 Å². The molecule has 5 rings (SSSR count). The first kappa shape index (κ1) is 22.9. The Balaban J connectivity index is 1.66. The van der Waals surface area contributed by atoms with Crippen molar-refractivity contribution in [2.75, 3.05) is 14.2 Å². The molecule has 3 aromatic carbocycles. The van der Waals surface area contributed by atoms with Gasteiger partial charge in [-0.3, -0.25) is 9.59 Å². The SMILES string of the molecule is COc1cc(C=Nn2c(-c3cc4c(OC)cccc4o3)nc3ccccc3c2=O)ccc1OC(C)=O. The second kappa shape index (κ2) is 9.38. The summed E-state index contributed by atoms with van der Waals surface area (Å²) in [5.41, 5.74) is 1.36. The molecule has 5 aromatic rings. The van der Waals surface area contributed by atoms with Gasteiger partial charge in [0, 0.05) is 6.92 Å². The normalized spacial score (nSPS) is 11.3. The summed E-state index contributed by atoms with van der Waals surface area (Å²) >= 11 is 0. The van der Waals surface area contributed by atoms with Crippen LogP contribution in [0.2, 0.25) is 0 Å². The molecule has 9 nitrogen and oxygen atoms in total. The van der Waals surface area contributed by atoms with Crippen molar-refractivity contribution >= 4 is 34.1 Å². The Labute approximate surface area is 205 Å². The number of carbonyl (C=O) groups excluding carboxylic acids is 1. The molecule has 0 radical (unpaired) electrons. The van der Waals surface area contributed by atoms with Gasteiger partial charge in [0.2, 0.25) is 5.82 Å². The van der Waals surface area contributed by atoms with Crippen LogP contribution in [0.1, 0.15) is 12.5 Å². The number of hydrogen-bond acceptors (Lipinski definition) is 8. The fourth-order valence-corrected chi connectivity index (χ4v) is 3.84. The molecule has 0 saturated carbocycles. The number of para-hydroxylation sites is 1. The zero-order valence-electron chi connectivity index (χ0n) is 19.7. The van der Waals surface area contributed by atoms with E-state index >= 15 is 0 Å². The molecule has 0 aliphatic rings. The van der Waals surface area contributed by atoms with Gasteiger partial charge in [-0.15, -0.1) is 0 Å². The van der Waals surface area contributed by atoms with E-state index in [2.05, 4.69) is 10.1 Å². The largest absolute Gasteiger partial charge is 0.496 e. The molecular weight excluding hydrogens is 462 g/mol. The highest BCUT2D eigenvalue weighted by atomic mass is 16.6. The Morgan fingerprint density at radius 2 is 1.75 bits per heavy atom. The van der Waals surface area contributed by atoms with Gasteiger partial charge in [-0.2, -0.15) is 9.78 Å². The van der Waals surface area contributed by atoms with E-state index < -0.39 is 5.97 Å². The van der Waals surface area contributed by atoms with E-state index in [0.29, 0.717) is 39.3 Å². The van der Waals surface area contributed by atoms with Crippen LogP contribution in [0.4, 0.5) is 0 Å². The van der Waals surface area contributed by atoms with Gasteiger partial charge in [0.1, 0.15) is 11.3 Å². The maximum absolute atomic E-state index is 13.4. The number of carbonyl (C=O) groups is 1. The van der Waals surface area contributed by atoms with E-state index in [4.69, 9.17) is 18.6 Å². The van der Waals surface area contributed by atoms with Gasteiger partial charge < -0.3 is 18.6 Å². The zero-order chi connectivity index (χ0) is 25.2. The third-order valence-corrected chi connectivity index (χ3v) is 5.48. The first-order valence-corrected chi connectivity index (χ1v) is 11.0. The van der Waals surface area contributed by atoms with E-state index in [-0.39, 0.29) is 17.1 Å². The fourth-order valence-electron chi connectivity index (χ4n) is 3.84. The highest BCUT2D eigenvalue weighted by Crippen LogP contribution is 2.33. The molecule has 0 aliphatic carbocycles. The maximum atomic E-state index is 13.4. The van der Waals surface area contributed by atoms with Crippen LogP contribution in [0.15, 0.2) is 81.0 Å². The van der Waals surface area contributed by atoms with E-state index in [1.807, 2.05) is 24.3 Å². The molecule has 0 atom stereocenters. The summed E-state index contributed by atoms with van der Waals surface area (Å²) in [5.74, 6) is 1.40. The molecule has 36 heavy (non-hydrogen) atoms. The van der Waals surface area contributed by atoms with Gasteiger partial charge in [-0.25, -0.2) is 4.98 Å². The molecule has 0 unspecified atom stereocenters. The second-order valence-electron chi connectivity index (χ2n) is 7.80. The van der Waals surface area contributed by atoms with E-state index in [0.717, 1.165) is 5.39 Å². The molecule has 0 aliphatic heterocycles. The molecule has 180 valence electrons. The average molecular weight is 483 g/mol. The Morgan fingerprint density at radius 1 is 0.944 bits per heavy atom. The summed E-state index contributed by atoms with van der Waals surface area (Å²) in [7, 11) is 3.05. The Bertz CT molecular complexity index is 1700. The number of benzene rings is 3. The summed E-state index contributed by atoms with van der Waals surface area (Å²) in [4.78, 5) is 29.5. The number of furan rings is 1. The maximum Gasteiger partial charge on any atom is 0.308 e. The van der Waals surface area contributed by atoms with E-state index in [1.54, 1.807) is 49.6 Å². The Hall–Kier alpha value is -4.92.